The first-order valence-electron chi connectivity index (χ1n) is 14.2. The fourth-order valence-electron chi connectivity index (χ4n) is 10.1. The summed E-state index contributed by atoms with van der Waals surface area (Å²) in [5.41, 5.74) is -1.99. The molecule has 0 saturated heterocycles. The van der Waals surface area contributed by atoms with Gasteiger partial charge in [-0.3, -0.25) is 4.79 Å². The number of allylic oxidation sites excluding steroid dienone is 3. The number of nitrogens with zero attached hydrogens (tertiary/aromatic N) is 1. The number of methoxy groups -OCH3 is 1. The molecule has 0 radical (unpaired) electrons. The lowest BCUT2D eigenvalue weighted by atomic mass is 9.35. The van der Waals surface area contributed by atoms with E-state index in [2.05, 4.69) is 46.0 Å². The largest absolute Gasteiger partial charge is 0.508 e. The Labute approximate surface area is 226 Å². The number of alkyl carbamates (subject to hydrolysis) is 1. The van der Waals surface area contributed by atoms with Crippen LogP contribution in [0.25, 0.3) is 0 Å². The second-order valence-electron chi connectivity index (χ2n) is 14.7. The lowest BCUT2D eigenvalue weighted by molar-refractivity contribution is -0.166. The summed E-state index contributed by atoms with van der Waals surface area (Å²) in [4.78, 5) is 26.9. The number of nitrogens with one attached hydrogen (secondary N) is 1. The molecule has 8 atom stereocenters. The number of nitriles is 1. The van der Waals surface area contributed by atoms with E-state index >= 15 is 0 Å². The molecule has 3 N–H and O–H groups in total. The van der Waals surface area contributed by atoms with Crippen LogP contribution in [-0.4, -0.2) is 40.3 Å². The van der Waals surface area contributed by atoms with Crippen LogP contribution in [-0.2, 0) is 9.53 Å². The van der Waals surface area contributed by atoms with Gasteiger partial charge in [0.15, 0.2) is 5.78 Å². The Morgan fingerprint density at radius 3 is 2.39 bits per heavy atom. The van der Waals surface area contributed by atoms with E-state index in [-0.39, 0.29) is 51.1 Å². The summed E-state index contributed by atoms with van der Waals surface area (Å²) in [5, 5.41) is 35.3. The van der Waals surface area contributed by atoms with E-state index < -0.39 is 22.6 Å². The highest BCUT2D eigenvalue weighted by atomic mass is 16.5. The van der Waals surface area contributed by atoms with Gasteiger partial charge in [-0.2, -0.15) is 5.26 Å². The Hall–Kier alpha value is -2.33. The van der Waals surface area contributed by atoms with Gasteiger partial charge in [0.05, 0.1) is 18.8 Å². The van der Waals surface area contributed by atoms with Crippen molar-refractivity contribution >= 4 is 11.9 Å². The number of ketones is 1. The maximum atomic E-state index is 14.4. The molecule has 0 aromatic rings. The van der Waals surface area contributed by atoms with Gasteiger partial charge in [0, 0.05) is 22.8 Å². The molecule has 5 aliphatic carbocycles. The van der Waals surface area contributed by atoms with Crippen LogP contribution < -0.4 is 5.32 Å². The standard InChI is InChI=1S/C31H44N2O5/c1-26(2)10-12-31(33-25(36)38-7)13-11-29(5)23(19(31)16-26)20(34)14-22-27(3)15-18(17-32)24(35)30(6,37)21(27)8-9-28(22,29)4/h14,19,21,23,35,37H,8-13,15-16H2,1-7H3,(H,33,36)/t19-,21+,23-,27-,28+,29+,30-,31-/m0/s1. The number of rotatable bonds is 1. The number of hydrogen-bond acceptors (Lipinski definition) is 6. The monoisotopic (exact) mass is 524 g/mol. The highest BCUT2D eigenvalue weighted by Gasteiger charge is 2.70. The summed E-state index contributed by atoms with van der Waals surface area (Å²) in [7, 11) is 1.39. The number of hydrogen-bond donors (Lipinski definition) is 3. The third kappa shape index (κ3) is 3.34. The van der Waals surface area contributed by atoms with Crippen molar-refractivity contribution in [3.63, 3.8) is 0 Å². The molecule has 5 aliphatic rings. The highest BCUT2D eigenvalue weighted by Crippen LogP contribution is 2.73. The number of ether oxygens (including phenoxy) is 1. The lowest BCUT2D eigenvalue weighted by Crippen LogP contribution is -2.70. The minimum absolute atomic E-state index is 0.00942. The first kappa shape index (κ1) is 27.2. The van der Waals surface area contributed by atoms with Crippen molar-refractivity contribution in [1.29, 1.82) is 5.26 Å². The Morgan fingerprint density at radius 1 is 1.11 bits per heavy atom. The third-order valence-electron chi connectivity index (χ3n) is 12.3. The number of amides is 1. The molecule has 5 rings (SSSR count). The van der Waals surface area contributed by atoms with Crippen molar-refractivity contribution in [3.8, 4) is 6.07 Å². The molecule has 3 saturated carbocycles. The van der Waals surface area contributed by atoms with Gasteiger partial charge in [0.1, 0.15) is 11.4 Å². The van der Waals surface area contributed by atoms with Crippen LogP contribution >= 0.6 is 0 Å². The van der Waals surface area contributed by atoms with Gasteiger partial charge >= 0.3 is 6.09 Å². The molecule has 3 fully saturated rings. The molecule has 0 spiro atoms. The average molecular weight is 525 g/mol. The van der Waals surface area contributed by atoms with E-state index in [1.165, 1.54) is 7.11 Å². The van der Waals surface area contributed by atoms with Crippen LogP contribution in [0.4, 0.5) is 4.79 Å². The highest BCUT2D eigenvalue weighted by molar-refractivity contribution is 5.95. The van der Waals surface area contributed by atoms with E-state index in [9.17, 15) is 25.1 Å². The molecule has 1 amide bonds. The van der Waals surface area contributed by atoms with E-state index in [1.54, 1.807) is 6.92 Å². The fraction of sp³-hybridized carbons (Fsp3) is 0.774. The number of aliphatic hydroxyl groups is 2. The Morgan fingerprint density at radius 2 is 1.76 bits per heavy atom. The van der Waals surface area contributed by atoms with Crippen molar-refractivity contribution in [2.75, 3.05) is 7.11 Å². The van der Waals surface area contributed by atoms with Gasteiger partial charge in [0.2, 0.25) is 0 Å². The zero-order valence-corrected chi connectivity index (χ0v) is 24.0. The second-order valence-corrected chi connectivity index (χ2v) is 14.7. The SMILES string of the molecule is COC(=O)N[C@]12CCC(C)(C)C[C@H]1[C@H]1C(=O)C=C3[C@@]4(C)CC(C#N)=C(O)[C@@](C)(O)[C@@H]4CC[C@@]3(C)[C@]1(C)CC2. The molecular weight excluding hydrogens is 480 g/mol. The van der Waals surface area contributed by atoms with Crippen LogP contribution in [0.5, 0.6) is 0 Å². The van der Waals surface area contributed by atoms with Crippen molar-refractivity contribution in [2.24, 2.45) is 39.4 Å². The van der Waals surface area contributed by atoms with E-state index in [4.69, 9.17) is 4.74 Å². The summed E-state index contributed by atoms with van der Waals surface area (Å²) in [5.74, 6) is -0.678. The van der Waals surface area contributed by atoms with Gasteiger partial charge in [-0.1, -0.05) is 40.2 Å². The second kappa shape index (κ2) is 8.10. The van der Waals surface area contributed by atoms with E-state index in [1.807, 2.05) is 6.08 Å². The predicted octanol–water partition coefficient (Wildman–Crippen LogP) is 5.75. The van der Waals surface area contributed by atoms with Gasteiger partial charge < -0.3 is 20.3 Å². The van der Waals surface area contributed by atoms with Crippen molar-refractivity contribution < 1.29 is 24.5 Å². The lowest BCUT2D eigenvalue weighted by Gasteiger charge is -2.69. The molecule has 0 heterocycles. The minimum atomic E-state index is -1.53. The van der Waals surface area contributed by atoms with Crippen LogP contribution in [0.1, 0.15) is 92.9 Å². The van der Waals surface area contributed by atoms with Gasteiger partial charge in [-0.05, 0) is 86.5 Å². The van der Waals surface area contributed by atoms with Crippen molar-refractivity contribution in [3.05, 3.63) is 23.0 Å². The van der Waals surface area contributed by atoms with Crippen molar-refractivity contribution in [1.82, 2.24) is 5.32 Å². The summed E-state index contributed by atoms with van der Waals surface area (Å²) >= 11 is 0. The molecule has 0 aromatic carbocycles. The van der Waals surface area contributed by atoms with Crippen LogP contribution in [0.3, 0.4) is 0 Å². The topological polar surface area (TPSA) is 120 Å². The molecule has 0 bridgehead atoms. The van der Waals surface area contributed by atoms with Gasteiger partial charge in [-0.25, -0.2) is 4.79 Å². The minimum Gasteiger partial charge on any atom is -0.508 e. The first-order chi connectivity index (χ1) is 17.5. The summed E-state index contributed by atoms with van der Waals surface area (Å²) < 4.78 is 5.04. The van der Waals surface area contributed by atoms with Crippen molar-refractivity contribution in [2.45, 2.75) is 104 Å². The first-order valence-corrected chi connectivity index (χ1v) is 14.2. The maximum absolute atomic E-state index is 14.4. The Balaban J connectivity index is 1.66. The maximum Gasteiger partial charge on any atom is 0.407 e. The summed E-state index contributed by atoms with van der Waals surface area (Å²) in [6.07, 6.45) is 7.45. The molecule has 7 heteroatoms. The average Bonchev–Trinajstić information content (AvgIpc) is 2.83. The Kier molecular flexibility index (Phi) is 5.81. The molecule has 0 unspecified atom stereocenters. The molecular formula is C31H44N2O5. The number of fused-ring (bicyclic) bond motifs is 7. The van der Waals surface area contributed by atoms with Crippen LogP contribution in [0, 0.1) is 50.7 Å². The number of aliphatic hydroxyl groups excluding tert-OH is 1. The van der Waals surface area contributed by atoms with E-state index in [0.29, 0.717) is 12.8 Å². The molecule has 0 aromatic heterocycles. The number of carbonyl (C=O) groups is 2. The quantitative estimate of drug-likeness (QED) is 0.402. The smallest absolute Gasteiger partial charge is 0.407 e. The molecule has 38 heavy (non-hydrogen) atoms. The number of carbonyl (C=O) groups excluding carboxylic acids is 2. The predicted molar refractivity (Wildman–Crippen MR) is 143 cm³/mol. The Bertz CT molecular complexity index is 1190. The van der Waals surface area contributed by atoms with Gasteiger partial charge in [0.25, 0.3) is 0 Å². The van der Waals surface area contributed by atoms with E-state index in [0.717, 1.165) is 44.1 Å². The zero-order chi connectivity index (χ0) is 28.1. The normalized spacial score (nSPS) is 47.4. The molecule has 0 aliphatic heterocycles. The third-order valence-corrected chi connectivity index (χ3v) is 12.3. The summed E-state index contributed by atoms with van der Waals surface area (Å²) in [6, 6.07) is 2.13. The zero-order valence-electron chi connectivity index (χ0n) is 24.0. The van der Waals surface area contributed by atoms with Crippen LogP contribution in [0.2, 0.25) is 0 Å². The molecule has 208 valence electrons. The van der Waals surface area contributed by atoms with Crippen LogP contribution in [0.15, 0.2) is 23.0 Å². The van der Waals surface area contributed by atoms with Gasteiger partial charge in [-0.15, -0.1) is 0 Å². The summed E-state index contributed by atoms with van der Waals surface area (Å²) in [6.45, 7) is 12.8. The fourth-order valence-corrected chi connectivity index (χ4v) is 10.1. The molecule has 7 nitrogen and oxygen atoms in total.